The number of carbonyl (C=O) groups is 1. The van der Waals surface area contributed by atoms with Crippen LogP contribution in [0.4, 0.5) is 0 Å². The van der Waals surface area contributed by atoms with Crippen molar-refractivity contribution in [2.45, 2.75) is 32.3 Å². The topological polar surface area (TPSA) is 76.1 Å². The van der Waals surface area contributed by atoms with E-state index in [1.165, 1.54) is 0 Å². The Balaban J connectivity index is 1.92. The quantitative estimate of drug-likeness (QED) is 0.630. The number of allylic oxidation sites excluding steroid dienone is 1. The fraction of sp³-hybridized carbons (Fsp3) is 0.227. The van der Waals surface area contributed by atoms with Gasteiger partial charge in [0.25, 0.3) is 0 Å². The Morgan fingerprint density at radius 1 is 1.30 bits per heavy atom. The SMILES string of the molecule is CC(C#N)OC(=O)c1c2c(nc3ccccc13)/C(=C\c1ccco1)CCC2. The van der Waals surface area contributed by atoms with E-state index in [9.17, 15) is 4.79 Å². The lowest BCUT2D eigenvalue weighted by molar-refractivity contribution is 0.0436. The zero-order valence-electron chi connectivity index (χ0n) is 14.9. The van der Waals surface area contributed by atoms with Crippen molar-refractivity contribution in [3.05, 3.63) is 65.2 Å². The Bertz CT molecular complexity index is 1070. The molecule has 1 atom stereocenters. The summed E-state index contributed by atoms with van der Waals surface area (Å²) in [6.45, 7) is 1.57. The van der Waals surface area contributed by atoms with Crippen LogP contribution in [0, 0.1) is 11.3 Å². The van der Waals surface area contributed by atoms with Crippen LogP contribution in [0.15, 0.2) is 47.1 Å². The second-order valence-electron chi connectivity index (χ2n) is 6.55. The van der Waals surface area contributed by atoms with Crippen molar-refractivity contribution < 1.29 is 13.9 Å². The summed E-state index contributed by atoms with van der Waals surface area (Å²) in [5, 5.41) is 9.76. The van der Waals surface area contributed by atoms with Gasteiger partial charge in [-0.1, -0.05) is 18.2 Å². The van der Waals surface area contributed by atoms with Crippen LogP contribution >= 0.6 is 0 Å². The summed E-state index contributed by atoms with van der Waals surface area (Å²) in [7, 11) is 0. The highest BCUT2D eigenvalue weighted by molar-refractivity contribution is 6.06. The molecule has 0 aliphatic heterocycles. The minimum atomic E-state index is -0.804. The zero-order valence-corrected chi connectivity index (χ0v) is 14.9. The number of nitrogens with zero attached hydrogens (tertiary/aromatic N) is 2. The maximum Gasteiger partial charge on any atom is 0.340 e. The van der Waals surface area contributed by atoms with Crippen LogP contribution in [0.3, 0.4) is 0 Å². The summed E-state index contributed by atoms with van der Waals surface area (Å²) in [4.78, 5) is 17.7. The number of hydrogen-bond donors (Lipinski definition) is 0. The summed E-state index contributed by atoms with van der Waals surface area (Å²) >= 11 is 0. The van der Waals surface area contributed by atoms with Crippen molar-refractivity contribution >= 4 is 28.5 Å². The number of pyridine rings is 1. The molecule has 0 fully saturated rings. The fourth-order valence-corrected chi connectivity index (χ4v) is 3.50. The van der Waals surface area contributed by atoms with E-state index in [1.807, 2.05) is 48.5 Å². The second kappa shape index (κ2) is 7.08. The molecule has 0 bridgehead atoms. The molecule has 1 unspecified atom stereocenters. The molecule has 134 valence electrons. The van der Waals surface area contributed by atoms with E-state index >= 15 is 0 Å². The van der Waals surface area contributed by atoms with E-state index in [2.05, 4.69) is 0 Å². The number of aromatic nitrogens is 1. The van der Waals surface area contributed by atoms with Crippen LogP contribution < -0.4 is 0 Å². The largest absolute Gasteiger partial charge is 0.465 e. The Morgan fingerprint density at radius 3 is 2.93 bits per heavy atom. The van der Waals surface area contributed by atoms with Gasteiger partial charge < -0.3 is 9.15 Å². The van der Waals surface area contributed by atoms with Crippen molar-refractivity contribution in [2.24, 2.45) is 0 Å². The van der Waals surface area contributed by atoms with Crippen LogP contribution in [-0.4, -0.2) is 17.1 Å². The number of para-hydroxylation sites is 1. The van der Waals surface area contributed by atoms with Crippen LogP contribution in [0.1, 0.15) is 47.1 Å². The van der Waals surface area contributed by atoms with Gasteiger partial charge in [0, 0.05) is 5.39 Å². The van der Waals surface area contributed by atoms with Crippen molar-refractivity contribution in [1.29, 1.82) is 5.26 Å². The molecule has 0 saturated carbocycles. The third-order valence-electron chi connectivity index (χ3n) is 4.70. The van der Waals surface area contributed by atoms with E-state index in [4.69, 9.17) is 19.4 Å². The number of hydrogen-bond acceptors (Lipinski definition) is 5. The molecule has 3 aromatic rings. The van der Waals surface area contributed by atoms with Crippen LogP contribution in [0.2, 0.25) is 0 Å². The molecular formula is C22H18N2O3. The predicted octanol–water partition coefficient (Wildman–Crippen LogP) is 4.77. The Hall–Kier alpha value is -3.39. The van der Waals surface area contributed by atoms with Crippen LogP contribution in [-0.2, 0) is 11.2 Å². The van der Waals surface area contributed by atoms with Crippen molar-refractivity contribution in [3.8, 4) is 6.07 Å². The number of furan rings is 1. The first-order valence-corrected chi connectivity index (χ1v) is 8.94. The molecule has 1 aliphatic carbocycles. The van der Waals surface area contributed by atoms with Crippen molar-refractivity contribution in [1.82, 2.24) is 4.98 Å². The summed E-state index contributed by atoms with van der Waals surface area (Å²) in [5.74, 6) is 0.285. The summed E-state index contributed by atoms with van der Waals surface area (Å²) in [6.07, 6.45) is 5.33. The fourth-order valence-electron chi connectivity index (χ4n) is 3.50. The second-order valence-corrected chi connectivity index (χ2v) is 6.55. The van der Waals surface area contributed by atoms with E-state index in [1.54, 1.807) is 13.2 Å². The van der Waals surface area contributed by atoms with Crippen molar-refractivity contribution in [3.63, 3.8) is 0 Å². The molecule has 5 nitrogen and oxygen atoms in total. The first kappa shape index (κ1) is 17.0. The highest BCUT2D eigenvalue weighted by atomic mass is 16.5. The monoisotopic (exact) mass is 358 g/mol. The van der Waals surface area contributed by atoms with Gasteiger partial charge in [-0.05, 0) is 61.6 Å². The molecule has 0 N–H and O–H groups in total. The molecule has 27 heavy (non-hydrogen) atoms. The molecule has 2 aromatic heterocycles. The Kier molecular flexibility index (Phi) is 4.47. The molecule has 4 rings (SSSR count). The number of carbonyl (C=O) groups excluding carboxylic acids is 1. The molecule has 1 aromatic carbocycles. The van der Waals surface area contributed by atoms with Gasteiger partial charge >= 0.3 is 5.97 Å². The maximum atomic E-state index is 12.9. The van der Waals surface area contributed by atoms with Gasteiger partial charge in [-0.3, -0.25) is 0 Å². The van der Waals surface area contributed by atoms with Gasteiger partial charge in [-0.2, -0.15) is 5.26 Å². The molecule has 0 saturated heterocycles. The molecule has 2 heterocycles. The minimum Gasteiger partial charge on any atom is -0.465 e. The molecule has 0 radical (unpaired) electrons. The van der Waals surface area contributed by atoms with Crippen LogP contribution in [0.5, 0.6) is 0 Å². The third-order valence-corrected chi connectivity index (χ3v) is 4.70. The van der Waals surface area contributed by atoms with E-state index in [0.29, 0.717) is 5.56 Å². The van der Waals surface area contributed by atoms with Crippen molar-refractivity contribution in [2.75, 3.05) is 0 Å². The van der Waals surface area contributed by atoms with E-state index in [0.717, 1.165) is 52.8 Å². The van der Waals surface area contributed by atoms with Gasteiger partial charge in [-0.15, -0.1) is 0 Å². The highest BCUT2D eigenvalue weighted by Gasteiger charge is 2.26. The lowest BCUT2D eigenvalue weighted by Gasteiger charge is -2.22. The smallest absolute Gasteiger partial charge is 0.340 e. The third kappa shape index (κ3) is 3.22. The highest BCUT2D eigenvalue weighted by Crippen LogP contribution is 2.36. The molecule has 5 heteroatoms. The standard InChI is InChI=1S/C22H18N2O3/c1-14(13-23)27-22(25)20-17-8-2-3-10-19(17)24-21-15(6-4-9-18(20)21)12-16-7-5-11-26-16/h2-3,5,7-8,10-12,14H,4,6,9H2,1H3/b15-12-. The number of ether oxygens (including phenoxy) is 1. The van der Waals surface area contributed by atoms with Gasteiger partial charge in [0.05, 0.1) is 23.0 Å². The molecule has 1 aliphatic rings. The Labute approximate surface area is 156 Å². The number of nitriles is 1. The van der Waals surface area contributed by atoms with Gasteiger partial charge in [0.15, 0.2) is 6.10 Å². The number of esters is 1. The number of benzene rings is 1. The predicted molar refractivity (Wildman–Crippen MR) is 102 cm³/mol. The zero-order chi connectivity index (χ0) is 18.8. The van der Waals surface area contributed by atoms with E-state index in [-0.39, 0.29) is 0 Å². The molecule has 0 amide bonds. The molecule has 0 spiro atoms. The van der Waals surface area contributed by atoms with E-state index < -0.39 is 12.1 Å². The lowest BCUT2D eigenvalue weighted by atomic mass is 9.86. The summed E-state index contributed by atoms with van der Waals surface area (Å²) in [5.41, 5.74) is 3.99. The summed E-state index contributed by atoms with van der Waals surface area (Å²) < 4.78 is 10.8. The lowest BCUT2D eigenvalue weighted by Crippen LogP contribution is -2.18. The summed E-state index contributed by atoms with van der Waals surface area (Å²) in [6, 6.07) is 13.2. The number of fused-ring (bicyclic) bond motifs is 2. The average Bonchev–Trinajstić information content (AvgIpc) is 3.19. The number of rotatable bonds is 3. The molecular weight excluding hydrogens is 340 g/mol. The normalized spacial score (nSPS) is 15.9. The average molecular weight is 358 g/mol. The minimum absolute atomic E-state index is 0.474. The maximum absolute atomic E-state index is 12.9. The van der Waals surface area contributed by atoms with Gasteiger partial charge in [0.1, 0.15) is 11.8 Å². The first-order chi connectivity index (χ1) is 13.2. The first-order valence-electron chi connectivity index (χ1n) is 8.94. The van der Waals surface area contributed by atoms with Crippen LogP contribution in [0.25, 0.3) is 22.6 Å². The van der Waals surface area contributed by atoms with Gasteiger partial charge in [-0.25, -0.2) is 9.78 Å². The Morgan fingerprint density at radius 2 is 2.15 bits per heavy atom. The van der Waals surface area contributed by atoms with Gasteiger partial charge in [0.2, 0.25) is 0 Å².